The molecule has 1 aromatic heterocycles. The van der Waals surface area contributed by atoms with Gasteiger partial charge in [0.2, 0.25) is 0 Å². The van der Waals surface area contributed by atoms with Crippen LogP contribution in [0.15, 0.2) is 66.9 Å². The number of nitrogens with zero attached hydrogens (tertiary/aromatic N) is 1. The Hall–Kier alpha value is -2.06. The predicted molar refractivity (Wildman–Crippen MR) is 81.6 cm³/mol. The van der Waals surface area contributed by atoms with Crippen LogP contribution in [0.1, 0.15) is 0 Å². The van der Waals surface area contributed by atoms with E-state index in [4.69, 9.17) is 9.31 Å². The molecule has 0 atom stereocenters. The van der Waals surface area contributed by atoms with Crippen LogP contribution in [0.4, 0.5) is 0 Å². The Bertz CT molecular complexity index is 740. The van der Waals surface area contributed by atoms with Crippen molar-refractivity contribution in [3.05, 3.63) is 72.9 Å². The van der Waals surface area contributed by atoms with Crippen molar-refractivity contribution in [2.45, 2.75) is 0 Å². The molecule has 4 rings (SSSR count). The number of rotatable bonds is 2. The number of pyridine rings is 1. The van der Waals surface area contributed by atoms with Gasteiger partial charge in [0, 0.05) is 32.7 Å². The quantitative estimate of drug-likeness (QED) is 0.430. The number of fused-ring (bicyclic) bond motifs is 1. The molecule has 0 saturated carbocycles. The van der Waals surface area contributed by atoms with Gasteiger partial charge in [-0.1, -0.05) is 24.3 Å². The number of hydrogen-bond donors (Lipinski definition) is 0. The van der Waals surface area contributed by atoms with E-state index in [1.807, 2.05) is 60.7 Å². The Morgan fingerprint density at radius 3 is 2.18 bits per heavy atom. The Kier molecular flexibility index (Phi) is 4.30. The third-order valence-electron chi connectivity index (χ3n) is 3.36. The molecule has 1 aliphatic heterocycles. The van der Waals surface area contributed by atoms with Crippen LogP contribution in [0.2, 0.25) is 0 Å². The second kappa shape index (κ2) is 6.37. The van der Waals surface area contributed by atoms with Crippen LogP contribution in [0.3, 0.4) is 0 Å². The van der Waals surface area contributed by atoms with Crippen molar-refractivity contribution < 1.29 is 30.4 Å². The van der Waals surface area contributed by atoms with Gasteiger partial charge in [0.25, 0.3) is 0 Å². The molecule has 0 spiro atoms. The van der Waals surface area contributed by atoms with Crippen LogP contribution in [0, 0.1) is 6.07 Å². The fourth-order valence-electron chi connectivity index (χ4n) is 2.29. The zero-order chi connectivity index (χ0) is 14.1. The smallest absolute Gasteiger partial charge is 0.519 e. The van der Waals surface area contributed by atoms with Crippen LogP contribution in [-0.2, 0) is 21.1 Å². The maximum atomic E-state index is 5.77. The summed E-state index contributed by atoms with van der Waals surface area (Å²) in [5, 5.41) is 0. The van der Waals surface area contributed by atoms with Gasteiger partial charge in [0.1, 0.15) is 11.5 Å². The zero-order valence-electron chi connectivity index (χ0n) is 11.5. The monoisotopic (exact) mass is 467 g/mol. The summed E-state index contributed by atoms with van der Waals surface area (Å²) in [7, 11) is -0.427. The first-order chi connectivity index (χ1) is 10.4. The molecule has 0 radical (unpaired) electrons. The van der Waals surface area contributed by atoms with E-state index in [1.54, 1.807) is 6.20 Å². The van der Waals surface area contributed by atoms with Crippen molar-refractivity contribution in [1.29, 1.82) is 0 Å². The summed E-state index contributed by atoms with van der Waals surface area (Å²) in [6.07, 6.45) is 1.78. The fraction of sp³-hybridized carbons (Fsp3) is 0. The number of hydrogen-bond acceptors (Lipinski definition) is 3. The molecule has 0 saturated heterocycles. The number of para-hydroxylation sites is 2. The molecule has 0 fully saturated rings. The third-order valence-corrected chi connectivity index (χ3v) is 3.36. The standard InChI is InChI=1S/C17H11BNO2.Pt/c1-2-6-13(7-3-1)15-11-10-14(12-19-15)18-20-16-8-4-5-9-17(16)21-18;/h1-6,8-12H;/q-1;. The molecule has 110 valence electrons. The summed E-state index contributed by atoms with van der Waals surface area (Å²) in [6, 6.07) is 22.5. The van der Waals surface area contributed by atoms with Crippen LogP contribution in [0.5, 0.6) is 11.5 Å². The average molecular weight is 467 g/mol. The molecule has 2 aromatic carbocycles. The Morgan fingerprint density at radius 1 is 0.864 bits per heavy atom. The minimum absolute atomic E-state index is 0. The maximum Gasteiger partial charge on any atom is 0.634 e. The molecule has 2 heterocycles. The van der Waals surface area contributed by atoms with Gasteiger partial charge in [-0.25, -0.2) is 0 Å². The van der Waals surface area contributed by atoms with E-state index in [0.29, 0.717) is 0 Å². The second-order valence-electron chi connectivity index (χ2n) is 4.77. The predicted octanol–water partition coefficient (Wildman–Crippen LogP) is 2.71. The Balaban J connectivity index is 0.00000144. The minimum Gasteiger partial charge on any atom is -0.519 e. The molecule has 1 aliphatic rings. The molecule has 5 heteroatoms. The van der Waals surface area contributed by atoms with Crippen LogP contribution >= 0.6 is 0 Å². The first kappa shape index (κ1) is 14.9. The van der Waals surface area contributed by atoms with Gasteiger partial charge in [0.15, 0.2) is 0 Å². The molecule has 0 aliphatic carbocycles. The van der Waals surface area contributed by atoms with E-state index in [0.717, 1.165) is 28.2 Å². The van der Waals surface area contributed by atoms with Gasteiger partial charge in [-0.3, -0.25) is 0 Å². The molecule has 3 nitrogen and oxygen atoms in total. The number of aromatic nitrogens is 1. The summed E-state index contributed by atoms with van der Waals surface area (Å²) in [5.74, 6) is 1.53. The van der Waals surface area contributed by atoms with Crippen LogP contribution < -0.4 is 14.8 Å². The van der Waals surface area contributed by atoms with Crippen molar-refractivity contribution >= 4 is 12.6 Å². The first-order valence-electron chi connectivity index (χ1n) is 6.75. The van der Waals surface area contributed by atoms with Gasteiger partial charge in [-0.15, -0.1) is 35.9 Å². The van der Waals surface area contributed by atoms with E-state index in [1.165, 1.54) is 0 Å². The summed E-state index contributed by atoms with van der Waals surface area (Å²) in [4.78, 5) is 4.47. The maximum absolute atomic E-state index is 5.77. The van der Waals surface area contributed by atoms with E-state index in [2.05, 4.69) is 11.1 Å². The molecule has 0 unspecified atom stereocenters. The van der Waals surface area contributed by atoms with Gasteiger partial charge < -0.3 is 14.3 Å². The summed E-state index contributed by atoms with van der Waals surface area (Å²) >= 11 is 0. The number of benzene rings is 2. The Labute approximate surface area is 143 Å². The molecule has 0 N–H and O–H groups in total. The topological polar surface area (TPSA) is 31.4 Å². The molecular formula is C17H11BNO2Pt-. The zero-order valence-corrected chi connectivity index (χ0v) is 13.8. The largest absolute Gasteiger partial charge is 0.634 e. The normalized spacial score (nSPS) is 11.9. The van der Waals surface area contributed by atoms with E-state index >= 15 is 0 Å². The molecule has 0 bridgehead atoms. The van der Waals surface area contributed by atoms with Crippen LogP contribution in [-0.4, -0.2) is 12.1 Å². The molecular weight excluding hydrogens is 456 g/mol. The summed E-state index contributed by atoms with van der Waals surface area (Å²) in [5.41, 5.74) is 2.75. The third kappa shape index (κ3) is 2.79. The van der Waals surface area contributed by atoms with Gasteiger partial charge in [0.05, 0.1) is 0 Å². The fourth-order valence-corrected chi connectivity index (χ4v) is 2.29. The minimum atomic E-state index is -0.427. The summed E-state index contributed by atoms with van der Waals surface area (Å²) < 4.78 is 11.5. The average Bonchev–Trinajstić information content (AvgIpc) is 3.00. The van der Waals surface area contributed by atoms with Gasteiger partial charge in [-0.2, -0.15) is 0 Å². The summed E-state index contributed by atoms with van der Waals surface area (Å²) in [6.45, 7) is 0. The molecule has 3 aromatic rings. The van der Waals surface area contributed by atoms with E-state index in [-0.39, 0.29) is 21.1 Å². The van der Waals surface area contributed by atoms with Crippen molar-refractivity contribution in [2.75, 3.05) is 0 Å². The van der Waals surface area contributed by atoms with Gasteiger partial charge >= 0.3 is 7.12 Å². The van der Waals surface area contributed by atoms with Crippen molar-refractivity contribution in [3.63, 3.8) is 0 Å². The van der Waals surface area contributed by atoms with Crippen LogP contribution in [0.25, 0.3) is 11.3 Å². The Morgan fingerprint density at radius 2 is 1.59 bits per heavy atom. The van der Waals surface area contributed by atoms with Crippen molar-refractivity contribution in [1.82, 2.24) is 4.98 Å². The van der Waals surface area contributed by atoms with E-state index in [9.17, 15) is 0 Å². The van der Waals surface area contributed by atoms with Crippen molar-refractivity contribution in [3.8, 4) is 22.8 Å². The molecule has 22 heavy (non-hydrogen) atoms. The SMILES string of the molecule is [Pt].[c-]1ccccc1-c1ccc(B2Oc3ccccc3O2)cn1. The first-order valence-corrected chi connectivity index (χ1v) is 6.75. The van der Waals surface area contributed by atoms with Crippen molar-refractivity contribution in [2.24, 2.45) is 0 Å². The molecule has 0 amide bonds. The van der Waals surface area contributed by atoms with E-state index < -0.39 is 7.12 Å². The second-order valence-corrected chi connectivity index (χ2v) is 4.77. The van der Waals surface area contributed by atoms with Gasteiger partial charge in [-0.05, 0) is 17.8 Å².